The number of aryl methyl sites for hydroxylation is 3. The molecule has 0 saturated heterocycles. The maximum Gasteiger partial charge on any atom is 0.264 e. The molecule has 0 amide bonds. The van der Waals surface area contributed by atoms with Crippen LogP contribution in [-0.4, -0.2) is 19.9 Å². The Kier molecular flexibility index (Phi) is 3.12. The van der Waals surface area contributed by atoms with Gasteiger partial charge in [0.2, 0.25) is 0 Å². The Balaban J connectivity index is 2.07. The molecule has 0 saturated carbocycles. The predicted molar refractivity (Wildman–Crippen MR) is 60.7 cm³/mol. The van der Waals surface area contributed by atoms with Crippen molar-refractivity contribution in [2.75, 3.05) is 0 Å². The van der Waals surface area contributed by atoms with Crippen molar-refractivity contribution in [2.24, 2.45) is 7.05 Å². The van der Waals surface area contributed by atoms with Crippen molar-refractivity contribution >= 4 is 0 Å². The molecule has 2 rings (SSSR count). The number of nitrogens with zero attached hydrogens (tertiary/aromatic N) is 4. The van der Waals surface area contributed by atoms with Crippen LogP contribution in [0.5, 0.6) is 5.75 Å². The summed E-state index contributed by atoms with van der Waals surface area (Å²) >= 11 is 0. The highest BCUT2D eigenvalue weighted by Crippen LogP contribution is 2.22. The molecule has 2 aromatic heterocycles. The van der Waals surface area contributed by atoms with Crippen LogP contribution in [0.2, 0.25) is 0 Å². The third-order valence-electron chi connectivity index (χ3n) is 2.61. The summed E-state index contributed by atoms with van der Waals surface area (Å²) < 4.78 is 12.5. The molecule has 0 aliphatic rings. The molecule has 0 spiro atoms. The highest BCUT2D eigenvalue weighted by Gasteiger charge is 2.12. The van der Waals surface area contributed by atoms with Crippen LogP contribution >= 0.6 is 0 Å². The zero-order chi connectivity index (χ0) is 12.4. The van der Waals surface area contributed by atoms with Gasteiger partial charge in [-0.1, -0.05) is 12.1 Å². The van der Waals surface area contributed by atoms with Gasteiger partial charge in [0.25, 0.3) is 5.89 Å². The van der Waals surface area contributed by atoms with Gasteiger partial charge in [-0.3, -0.25) is 4.68 Å². The van der Waals surface area contributed by atoms with E-state index >= 15 is 0 Å². The molecular formula is C11H16N4O2. The first-order valence-corrected chi connectivity index (χ1v) is 5.56. The van der Waals surface area contributed by atoms with Crippen LogP contribution in [-0.2, 0) is 20.1 Å². The summed E-state index contributed by atoms with van der Waals surface area (Å²) in [5.41, 5.74) is 1.85. The minimum Gasteiger partial charge on any atom is -0.480 e. The third-order valence-corrected chi connectivity index (χ3v) is 2.61. The molecule has 0 aliphatic carbocycles. The monoisotopic (exact) mass is 236 g/mol. The Hall–Kier alpha value is -1.85. The second-order valence-corrected chi connectivity index (χ2v) is 3.87. The van der Waals surface area contributed by atoms with Crippen LogP contribution in [0, 0.1) is 13.8 Å². The second-order valence-electron chi connectivity index (χ2n) is 3.87. The van der Waals surface area contributed by atoms with E-state index in [1.54, 1.807) is 4.68 Å². The van der Waals surface area contributed by atoms with Crippen molar-refractivity contribution in [2.45, 2.75) is 33.8 Å². The smallest absolute Gasteiger partial charge is 0.264 e. The fraction of sp³-hybridized carbons (Fsp3) is 0.545. The zero-order valence-electron chi connectivity index (χ0n) is 10.5. The lowest BCUT2D eigenvalue weighted by atomic mass is 10.3. The SMILES string of the molecule is CCc1noc(COc2c(C)nn(C)c2C)n1. The van der Waals surface area contributed by atoms with E-state index in [0.717, 1.165) is 23.6 Å². The van der Waals surface area contributed by atoms with Gasteiger partial charge in [0.05, 0.1) is 5.69 Å². The fourth-order valence-electron chi connectivity index (χ4n) is 1.59. The number of aromatic nitrogens is 4. The molecule has 6 heteroatoms. The topological polar surface area (TPSA) is 66.0 Å². The Bertz CT molecular complexity index is 516. The molecule has 0 radical (unpaired) electrons. The molecular weight excluding hydrogens is 220 g/mol. The first-order chi connectivity index (χ1) is 8.11. The van der Waals surface area contributed by atoms with Crippen molar-refractivity contribution < 1.29 is 9.26 Å². The van der Waals surface area contributed by atoms with E-state index in [2.05, 4.69) is 15.2 Å². The van der Waals surface area contributed by atoms with Gasteiger partial charge in [0.1, 0.15) is 5.69 Å². The molecule has 92 valence electrons. The Labute approximate surface area is 99.6 Å². The minimum atomic E-state index is 0.278. The molecule has 0 fully saturated rings. The maximum absolute atomic E-state index is 5.65. The number of ether oxygens (including phenoxy) is 1. The summed E-state index contributed by atoms with van der Waals surface area (Å²) in [6, 6.07) is 0. The average molecular weight is 236 g/mol. The lowest BCUT2D eigenvalue weighted by Crippen LogP contribution is -1.98. The van der Waals surface area contributed by atoms with Crippen LogP contribution in [0.4, 0.5) is 0 Å². The van der Waals surface area contributed by atoms with Crippen LogP contribution in [0.15, 0.2) is 4.52 Å². The summed E-state index contributed by atoms with van der Waals surface area (Å²) in [5.74, 6) is 1.97. The van der Waals surface area contributed by atoms with Gasteiger partial charge >= 0.3 is 0 Å². The van der Waals surface area contributed by atoms with Gasteiger partial charge in [-0.2, -0.15) is 10.1 Å². The van der Waals surface area contributed by atoms with Crippen molar-refractivity contribution in [3.8, 4) is 5.75 Å². The molecule has 0 N–H and O–H groups in total. The fourth-order valence-corrected chi connectivity index (χ4v) is 1.59. The van der Waals surface area contributed by atoms with E-state index in [1.165, 1.54) is 0 Å². The van der Waals surface area contributed by atoms with Crippen molar-refractivity contribution in [1.82, 2.24) is 19.9 Å². The van der Waals surface area contributed by atoms with Gasteiger partial charge in [-0.05, 0) is 13.8 Å². The van der Waals surface area contributed by atoms with Crippen LogP contribution in [0.3, 0.4) is 0 Å². The van der Waals surface area contributed by atoms with E-state index in [0.29, 0.717) is 11.7 Å². The highest BCUT2D eigenvalue weighted by molar-refractivity contribution is 5.31. The molecule has 6 nitrogen and oxygen atoms in total. The minimum absolute atomic E-state index is 0.278. The first kappa shape index (κ1) is 11.6. The van der Waals surface area contributed by atoms with E-state index in [4.69, 9.17) is 9.26 Å². The average Bonchev–Trinajstić information content (AvgIpc) is 2.84. The second kappa shape index (κ2) is 4.57. The quantitative estimate of drug-likeness (QED) is 0.806. The summed E-state index contributed by atoms with van der Waals surface area (Å²) in [6.45, 7) is 6.12. The van der Waals surface area contributed by atoms with Gasteiger partial charge in [-0.15, -0.1) is 0 Å². The van der Waals surface area contributed by atoms with E-state index < -0.39 is 0 Å². The summed E-state index contributed by atoms with van der Waals surface area (Å²) in [5, 5.41) is 8.08. The number of hydrogen-bond donors (Lipinski definition) is 0. The van der Waals surface area contributed by atoms with E-state index in [-0.39, 0.29) is 6.61 Å². The van der Waals surface area contributed by atoms with Crippen molar-refractivity contribution in [3.63, 3.8) is 0 Å². The lowest BCUT2D eigenvalue weighted by Gasteiger charge is -2.02. The van der Waals surface area contributed by atoms with Crippen LogP contribution < -0.4 is 4.74 Å². The molecule has 2 aromatic rings. The van der Waals surface area contributed by atoms with Gasteiger partial charge in [-0.25, -0.2) is 0 Å². The molecule has 0 aromatic carbocycles. The lowest BCUT2D eigenvalue weighted by molar-refractivity contribution is 0.240. The third kappa shape index (κ3) is 2.30. The number of hydrogen-bond acceptors (Lipinski definition) is 5. The summed E-state index contributed by atoms with van der Waals surface area (Å²) in [6.07, 6.45) is 0.758. The van der Waals surface area contributed by atoms with E-state index in [1.807, 2.05) is 27.8 Å². The molecule has 0 bridgehead atoms. The highest BCUT2D eigenvalue weighted by atomic mass is 16.5. The van der Waals surface area contributed by atoms with Gasteiger partial charge < -0.3 is 9.26 Å². The predicted octanol–water partition coefficient (Wildman–Crippen LogP) is 1.56. The Morgan fingerprint density at radius 3 is 2.65 bits per heavy atom. The first-order valence-electron chi connectivity index (χ1n) is 5.56. The molecule has 0 aliphatic heterocycles. The molecule has 0 atom stereocenters. The largest absolute Gasteiger partial charge is 0.480 e. The van der Waals surface area contributed by atoms with Gasteiger partial charge in [0, 0.05) is 13.5 Å². The Morgan fingerprint density at radius 2 is 2.12 bits per heavy atom. The normalized spacial score (nSPS) is 10.8. The maximum atomic E-state index is 5.65. The van der Waals surface area contributed by atoms with E-state index in [9.17, 15) is 0 Å². The van der Waals surface area contributed by atoms with Crippen LogP contribution in [0.25, 0.3) is 0 Å². The standard InChI is InChI=1S/C11H16N4O2/c1-5-9-12-10(17-14-9)6-16-11-7(2)13-15(4)8(11)3/h5-6H2,1-4H3. The van der Waals surface area contributed by atoms with Gasteiger partial charge in [0.15, 0.2) is 18.2 Å². The summed E-state index contributed by atoms with van der Waals surface area (Å²) in [4.78, 5) is 4.18. The van der Waals surface area contributed by atoms with Crippen molar-refractivity contribution in [1.29, 1.82) is 0 Å². The Morgan fingerprint density at radius 1 is 1.35 bits per heavy atom. The van der Waals surface area contributed by atoms with Crippen LogP contribution in [0.1, 0.15) is 30.0 Å². The number of rotatable bonds is 4. The zero-order valence-corrected chi connectivity index (χ0v) is 10.5. The van der Waals surface area contributed by atoms with Crippen molar-refractivity contribution in [3.05, 3.63) is 23.1 Å². The molecule has 0 unspecified atom stereocenters. The molecule has 2 heterocycles. The molecule has 17 heavy (non-hydrogen) atoms. The summed E-state index contributed by atoms with van der Waals surface area (Å²) in [7, 11) is 1.89.